The Bertz CT molecular complexity index is 2220. The standard InChI is InChI=1S/C38H52N2O14S3/c1-37(17-9-25-55(43,44)45)30-26-28(56(46,47)48)13-15-32(30)39(19-7-5-6-12-36(41)42)34(37)10-8-11-35-38(2,18-21-54-24-23-53-4)31-27-29(57(49,50)51)14-16-33(31)40(35)20-22-52-3/h8,10-11,13-16,26-27H,5-7,9,12,17-25H2,1-4H3,(H3-,41,42,43,44,45,46,47,48,49,50,51)/p+1. The van der Waals surface area contributed by atoms with E-state index in [0.717, 1.165) is 5.70 Å². The second-order valence-corrected chi connectivity index (χ2v) is 18.9. The number of ether oxygens (including phenoxy) is 3. The number of fused-ring (bicyclic) bond motifs is 2. The number of methoxy groups -OCH3 is 2. The first-order chi connectivity index (χ1) is 26.7. The van der Waals surface area contributed by atoms with Gasteiger partial charge in [0, 0.05) is 74.7 Å². The van der Waals surface area contributed by atoms with E-state index in [1.54, 1.807) is 32.4 Å². The summed E-state index contributed by atoms with van der Waals surface area (Å²) in [7, 11) is -10.4. The van der Waals surface area contributed by atoms with Gasteiger partial charge in [0.1, 0.15) is 6.54 Å². The fourth-order valence-corrected chi connectivity index (χ4v) is 9.18. The van der Waals surface area contributed by atoms with E-state index in [0.29, 0.717) is 86.8 Å². The lowest BCUT2D eigenvalue weighted by Crippen LogP contribution is -2.33. The van der Waals surface area contributed by atoms with E-state index in [9.17, 15) is 43.7 Å². The van der Waals surface area contributed by atoms with Gasteiger partial charge in [0.15, 0.2) is 5.71 Å². The summed E-state index contributed by atoms with van der Waals surface area (Å²) in [5.41, 5.74) is 2.01. The van der Waals surface area contributed by atoms with E-state index >= 15 is 0 Å². The van der Waals surface area contributed by atoms with Gasteiger partial charge in [-0.1, -0.05) is 6.08 Å². The predicted octanol–water partition coefficient (Wildman–Crippen LogP) is 4.77. The molecule has 316 valence electrons. The number of unbranched alkanes of at least 4 members (excludes halogenated alkanes) is 2. The number of carbonyl (C=O) groups is 1. The highest BCUT2D eigenvalue weighted by molar-refractivity contribution is 7.86. The van der Waals surface area contributed by atoms with Gasteiger partial charge >= 0.3 is 5.97 Å². The molecule has 2 aliphatic rings. The first-order valence-corrected chi connectivity index (χ1v) is 22.9. The summed E-state index contributed by atoms with van der Waals surface area (Å²) in [6, 6.07) is 8.64. The molecule has 0 saturated heterocycles. The van der Waals surface area contributed by atoms with Crippen LogP contribution in [0, 0.1) is 0 Å². The molecule has 57 heavy (non-hydrogen) atoms. The Morgan fingerprint density at radius 2 is 1.44 bits per heavy atom. The van der Waals surface area contributed by atoms with Crippen molar-refractivity contribution < 1.29 is 67.6 Å². The molecule has 4 rings (SSSR count). The van der Waals surface area contributed by atoms with Crippen LogP contribution in [0.5, 0.6) is 0 Å². The molecule has 2 aromatic carbocycles. The maximum atomic E-state index is 12.3. The molecule has 0 bridgehead atoms. The van der Waals surface area contributed by atoms with Gasteiger partial charge < -0.3 is 24.2 Å². The van der Waals surface area contributed by atoms with Crippen LogP contribution in [0.2, 0.25) is 0 Å². The van der Waals surface area contributed by atoms with Gasteiger partial charge in [-0.2, -0.15) is 29.8 Å². The van der Waals surface area contributed by atoms with Crippen LogP contribution in [0.3, 0.4) is 0 Å². The summed E-state index contributed by atoms with van der Waals surface area (Å²) in [6.07, 6.45) is 7.64. The molecular formula is C38H53N2O14S3+. The zero-order chi connectivity index (χ0) is 42.2. The number of nitrogens with zero attached hydrogens (tertiary/aromatic N) is 2. The molecule has 0 saturated carbocycles. The second-order valence-electron chi connectivity index (χ2n) is 14.5. The Balaban J connectivity index is 1.90. The van der Waals surface area contributed by atoms with E-state index in [1.165, 1.54) is 24.3 Å². The van der Waals surface area contributed by atoms with Crippen LogP contribution in [-0.2, 0) is 60.2 Å². The number of carboxylic acid groups (broad SMARTS) is 1. The molecule has 0 aliphatic carbocycles. The fourth-order valence-electron chi connectivity index (χ4n) is 7.66. The van der Waals surface area contributed by atoms with Crippen molar-refractivity contribution in [3.05, 3.63) is 71.5 Å². The van der Waals surface area contributed by atoms with E-state index in [2.05, 4.69) is 0 Å². The first-order valence-electron chi connectivity index (χ1n) is 18.5. The number of benzene rings is 2. The van der Waals surface area contributed by atoms with E-state index in [1.807, 2.05) is 35.5 Å². The summed E-state index contributed by atoms with van der Waals surface area (Å²) < 4.78 is 121. The van der Waals surface area contributed by atoms with Crippen LogP contribution >= 0.6 is 0 Å². The summed E-state index contributed by atoms with van der Waals surface area (Å²) in [5.74, 6) is -1.46. The second kappa shape index (κ2) is 19.0. The number of carboxylic acids is 1. The zero-order valence-corrected chi connectivity index (χ0v) is 35.0. The van der Waals surface area contributed by atoms with Crippen LogP contribution in [0.1, 0.15) is 69.9 Å². The third kappa shape index (κ3) is 11.4. The lowest BCUT2D eigenvalue weighted by atomic mass is 9.75. The normalized spacial score (nSPS) is 20.5. The van der Waals surface area contributed by atoms with Crippen molar-refractivity contribution in [2.24, 2.45) is 0 Å². The summed E-state index contributed by atoms with van der Waals surface area (Å²) in [5, 5.41) is 9.16. The highest BCUT2D eigenvalue weighted by Crippen LogP contribution is 2.51. The third-order valence-electron chi connectivity index (χ3n) is 10.6. The molecule has 0 radical (unpaired) electrons. The van der Waals surface area contributed by atoms with Crippen molar-refractivity contribution >= 4 is 53.4 Å². The number of allylic oxidation sites excluding steroid dienone is 4. The lowest BCUT2D eigenvalue weighted by molar-refractivity contribution is -0.438. The highest BCUT2D eigenvalue weighted by atomic mass is 32.2. The average Bonchev–Trinajstić information content (AvgIpc) is 3.49. The van der Waals surface area contributed by atoms with Crippen molar-refractivity contribution in [3.8, 4) is 0 Å². The van der Waals surface area contributed by atoms with Crippen LogP contribution < -0.4 is 4.90 Å². The third-order valence-corrected chi connectivity index (χ3v) is 13.1. The van der Waals surface area contributed by atoms with Crippen molar-refractivity contribution in [3.63, 3.8) is 0 Å². The monoisotopic (exact) mass is 857 g/mol. The number of hydrogen-bond acceptors (Lipinski definition) is 11. The number of aliphatic carboxylic acids is 1. The first kappa shape index (κ1) is 46.2. The molecule has 0 fully saturated rings. The van der Waals surface area contributed by atoms with Crippen molar-refractivity contribution in [1.29, 1.82) is 0 Å². The topological polar surface area (TPSA) is 234 Å². The molecule has 0 spiro atoms. The fraction of sp³-hybridized carbons (Fsp3) is 0.526. The molecule has 2 heterocycles. The van der Waals surface area contributed by atoms with Crippen molar-refractivity contribution in [2.75, 3.05) is 64.4 Å². The molecule has 4 N–H and O–H groups in total. The minimum atomic E-state index is -4.63. The molecular weight excluding hydrogens is 805 g/mol. The molecule has 2 atom stereocenters. The highest BCUT2D eigenvalue weighted by Gasteiger charge is 2.48. The largest absolute Gasteiger partial charge is 0.481 e. The minimum absolute atomic E-state index is 0.00439. The van der Waals surface area contributed by atoms with Gasteiger partial charge in [0.2, 0.25) is 5.69 Å². The maximum absolute atomic E-state index is 12.3. The SMILES string of the molecule is COCCOCCC1(C)/C(=C\C=C\C2=[N+](CCCCCC(=O)O)c3ccc(S(=O)(=O)O)cc3C2(C)CCCS(=O)(=O)O)N(CCOC)c2ccc(S(=O)(=O)O)cc21. The Hall–Kier alpha value is -3.53. The number of hydrogen-bond donors (Lipinski definition) is 4. The summed E-state index contributed by atoms with van der Waals surface area (Å²) in [4.78, 5) is 12.6. The van der Waals surface area contributed by atoms with Crippen LogP contribution in [0.15, 0.2) is 70.1 Å². The van der Waals surface area contributed by atoms with Crippen LogP contribution in [0.4, 0.5) is 11.4 Å². The molecule has 16 nitrogen and oxygen atoms in total. The van der Waals surface area contributed by atoms with Crippen molar-refractivity contribution in [1.82, 2.24) is 0 Å². The smallest absolute Gasteiger partial charge is 0.303 e. The van der Waals surface area contributed by atoms with Gasteiger partial charge in [0.25, 0.3) is 30.4 Å². The molecule has 2 aliphatic heterocycles. The van der Waals surface area contributed by atoms with Gasteiger partial charge in [-0.05, 0) is 87.9 Å². The van der Waals surface area contributed by atoms with Gasteiger partial charge in [-0.25, -0.2) is 0 Å². The minimum Gasteiger partial charge on any atom is -0.481 e. The quantitative estimate of drug-likeness (QED) is 0.0670. The van der Waals surface area contributed by atoms with E-state index in [4.69, 9.17) is 19.3 Å². The molecule has 2 aromatic rings. The molecule has 0 aromatic heterocycles. The predicted molar refractivity (Wildman–Crippen MR) is 213 cm³/mol. The average molecular weight is 858 g/mol. The van der Waals surface area contributed by atoms with Crippen LogP contribution in [0.25, 0.3) is 0 Å². The Morgan fingerprint density at radius 3 is 2.05 bits per heavy atom. The molecule has 0 amide bonds. The van der Waals surface area contributed by atoms with Crippen molar-refractivity contribution in [2.45, 2.75) is 79.4 Å². The number of rotatable bonds is 23. The molecule has 19 heteroatoms. The summed E-state index contributed by atoms with van der Waals surface area (Å²) in [6.45, 7) is 5.84. The lowest BCUT2D eigenvalue weighted by Gasteiger charge is -2.30. The van der Waals surface area contributed by atoms with Crippen LogP contribution in [-0.4, -0.2) is 120 Å². The number of anilines is 1. The Labute approximate surface area is 335 Å². The van der Waals surface area contributed by atoms with Gasteiger partial charge in [0.05, 0.1) is 40.8 Å². The zero-order valence-electron chi connectivity index (χ0n) is 32.6. The summed E-state index contributed by atoms with van der Waals surface area (Å²) >= 11 is 0. The Kier molecular flexibility index (Phi) is 15.4. The van der Waals surface area contributed by atoms with E-state index < -0.39 is 52.9 Å². The Morgan fingerprint density at radius 1 is 0.789 bits per heavy atom. The van der Waals surface area contributed by atoms with Gasteiger partial charge in [-0.3, -0.25) is 18.5 Å². The maximum Gasteiger partial charge on any atom is 0.303 e. The van der Waals surface area contributed by atoms with Gasteiger partial charge in [-0.15, -0.1) is 0 Å². The van der Waals surface area contributed by atoms with E-state index in [-0.39, 0.29) is 35.7 Å². The molecule has 2 unspecified atom stereocenters.